The van der Waals surface area contributed by atoms with Crippen LogP contribution >= 0.6 is 0 Å². The van der Waals surface area contributed by atoms with Crippen molar-refractivity contribution < 1.29 is 19.8 Å². The number of carbonyl (C=O) groups is 2. The summed E-state index contributed by atoms with van der Waals surface area (Å²) in [6.07, 6.45) is 0.804. The van der Waals surface area contributed by atoms with Gasteiger partial charge >= 0.3 is 0 Å². The first-order valence-electron chi connectivity index (χ1n) is 9.49. The predicted octanol–water partition coefficient (Wildman–Crippen LogP) is 3.95. The molecule has 0 aromatic heterocycles. The topological polar surface area (TPSA) is 77.8 Å². The maximum atomic E-state index is 12.8. The summed E-state index contributed by atoms with van der Waals surface area (Å²) in [4.78, 5) is 27.1. The van der Waals surface area contributed by atoms with Gasteiger partial charge in [-0.1, -0.05) is 62.4 Å². The molecule has 1 heterocycles. The van der Waals surface area contributed by atoms with Crippen LogP contribution in [-0.2, 0) is 16.0 Å². The van der Waals surface area contributed by atoms with E-state index in [1.807, 2.05) is 44.2 Å². The van der Waals surface area contributed by atoms with Crippen LogP contribution in [0.3, 0.4) is 0 Å². The molecule has 0 fully saturated rings. The maximum Gasteiger partial charge on any atom is 0.290 e. The fraction of sp³-hybridized carbons (Fsp3) is 0.304. The van der Waals surface area contributed by atoms with Crippen LogP contribution in [0.1, 0.15) is 37.4 Å². The van der Waals surface area contributed by atoms with Gasteiger partial charge in [0.05, 0.1) is 11.6 Å². The average molecular weight is 379 g/mol. The van der Waals surface area contributed by atoms with E-state index in [1.165, 1.54) is 11.0 Å². The number of ketones is 1. The van der Waals surface area contributed by atoms with Crippen molar-refractivity contribution in [2.24, 2.45) is 5.92 Å². The number of benzene rings is 2. The largest absolute Gasteiger partial charge is 0.508 e. The molecule has 0 saturated heterocycles. The Kier molecular flexibility index (Phi) is 5.83. The maximum absolute atomic E-state index is 12.8. The number of phenolic OH excluding ortho intramolecular Hbond substituents is 1. The van der Waals surface area contributed by atoms with Gasteiger partial charge in [-0.05, 0) is 24.0 Å². The van der Waals surface area contributed by atoms with E-state index in [-0.39, 0.29) is 29.4 Å². The first kappa shape index (κ1) is 19.7. The Morgan fingerprint density at radius 2 is 1.68 bits per heavy atom. The number of hydrogen-bond acceptors (Lipinski definition) is 4. The summed E-state index contributed by atoms with van der Waals surface area (Å²) in [5.41, 5.74) is 1.57. The molecule has 2 N–H and O–H groups in total. The molecule has 2 aromatic rings. The molecule has 1 unspecified atom stereocenters. The van der Waals surface area contributed by atoms with Crippen molar-refractivity contribution in [1.29, 1.82) is 0 Å². The Bertz CT molecular complexity index is 902. The minimum atomic E-state index is -0.788. The Balaban J connectivity index is 1.98. The van der Waals surface area contributed by atoms with E-state index in [0.29, 0.717) is 18.5 Å². The molecule has 0 saturated carbocycles. The molecule has 0 radical (unpaired) electrons. The van der Waals surface area contributed by atoms with Crippen molar-refractivity contribution in [2.45, 2.75) is 32.7 Å². The zero-order valence-corrected chi connectivity index (χ0v) is 16.1. The minimum Gasteiger partial charge on any atom is -0.508 e. The number of phenols is 1. The summed E-state index contributed by atoms with van der Waals surface area (Å²) in [6, 6.07) is 15.6. The SMILES string of the molecule is CC(C)CC(=O)C1=C(O)C(=O)N(CCc2ccccc2)C1c1ccccc1O. The lowest BCUT2D eigenvalue weighted by Crippen LogP contribution is -2.33. The van der Waals surface area contributed by atoms with E-state index in [9.17, 15) is 19.8 Å². The van der Waals surface area contributed by atoms with Crippen LogP contribution < -0.4 is 0 Å². The number of aromatic hydroxyl groups is 1. The molecule has 2 aromatic carbocycles. The minimum absolute atomic E-state index is 0.00504. The third kappa shape index (κ3) is 3.93. The van der Waals surface area contributed by atoms with Crippen LogP contribution in [0.25, 0.3) is 0 Å². The number of amides is 1. The van der Waals surface area contributed by atoms with Crippen molar-refractivity contribution in [3.63, 3.8) is 0 Å². The highest BCUT2D eigenvalue weighted by atomic mass is 16.3. The number of hydrogen-bond donors (Lipinski definition) is 2. The van der Waals surface area contributed by atoms with Crippen molar-refractivity contribution in [2.75, 3.05) is 6.54 Å². The third-order valence-electron chi connectivity index (χ3n) is 4.91. The lowest BCUT2D eigenvalue weighted by atomic mass is 9.91. The Hall–Kier alpha value is -3.08. The molecule has 1 atom stereocenters. The van der Waals surface area contributed by atoms with E-state index in [4.69, 9.17) is 0 Å². The fourth-order valence-corrected chi connectivity index (χ4v) is 3.59. The predicted molar refractivity (Wildman–Crippen MR) is 107 cm³/mol. The van der Waals surface area contributed by atoms with Gasteiger partial charge in [-0.2, -0.15) is 0 Å². The van der Waals surface area contributed by atoms with E-state index in [2.05, 4.69) is 0 Å². The fourth-order valence-electron chi connectivity index (χ4n) is 3.59. The van der Waals surface area contributed by atoms with Gasteiger partial charge in [0.25, 0.3) is 5.91 Å². The Labute approximate surface area is 164 Å². The van der Waals surface area contributed by atoms with E-state index in [1.54, 1.807) is 18.2 Å². The van der Waals surface area contributed by atoms with Crippen molar-refractivity contribution in [3.05, 3.63) is 77.1 Å². The van der Waals surface area contributed by atoms with Gasteiger partial charge in [0.15, 0.2) is 11.5 Å². The summed E-state index contributed by atoms with van der Waals surface area (Å²) in [5.74, 6) is -1.26. The smallest absolute Gasteiger partial charge is 0.290 e. The van der Waals surface area contributed by atoms with Crippen LogP contribution in [0.5, 0.6) is 5.75 Å². The standard InChI is InChI=1S/C23H25NO4/c1-15(2)14-19(26)20-21(17-10-6-7-11-18(17)25)24(23(28)22(20)27)13-12-16-8-4-3-5-9-16/h3-11,15,21,25,27H,12-14H2,1-2H3. The number of aliphatic hydroxyl groups is 1. The molecule has 1 amide bonds. The first-order valence-corrected chi connectivity index (χ1v) is 9.49. The van der Waals surface area contributed by atoms with Gasteiger partial charge in [-0.25, -0.2) is 0 Å². The normalized spacial score (nSPS) is 16.9. The summed E-state index contributed by atoms with van der Waals surface area (Å²) in [7, 11) is 0. The van der Waals surface area contributed by atoms with E-state index in [0.717, 1.165) is 5.56 Å². The van der Waals surface area contributed by atoms with Crippen LogP contribution in [0.15, 0.2) is 65.9 Å². The molecule has 0 bridgehead atoms. The van der Waals surface area contributed by atoms with Crippen molar-refractivity contribution in [3.8, 4) is 5.75 Å². The Morgan fingerprint density at radius 1 is 1.04 bits per heavy atom. The number of rotatable bonds is 7. The second-order valence-electron chi connectivity index (χ2n) is 7.48. The number of para-hydroxylation sites is 1. The number of Topliss-reactive ketones (excluding diaryl/α,β-unsaturated/α-hetero) is 1. The van der Waals surface area contributed by atoms with Gasteiger partial charge in [0, 0.05) is 18.5 Å². The number of nitrogens with zero attached hydrogens (tertiary/aromatic N) is 1. The monoisotopic (exact) mass is 379 g/mol. The van der Waals surface area contributed by atoms with Crippen LogP contribution in [0, 0.1) is 5.92 Å². The van der Waals surface area contributed by atoms with Gasteiger partial charge in [0.1, 0.15) is 5.75 Å². The Morgan fingerprint density at radius 3 is 2.32 bits per heavy atom. The second kappa shape index (κ2) is 8.30. The summed E-state index contributed by atoms with van der Waals surface area (Å²) < 4.78 is 0. The summed E-state index contributed by atoms with van der Waals surface area (Å²) in [5, 5.41) is 20.9. The molecule has 0 aliphatic carbocycles. The van der Waals surface area contributed by atoms with Crippen molar-refractivity contribution >= 4 is 11.7 Å². The third-order valence-corrected chi connectivity index (χ3v) is 4.91. The number of carbonyl (C=O) groups excluding carboxylic acids is 2. The van der Waals surface area contributed by atoms with Crippen LogP contribution in [0.2, 0.25) is 0 Å². The molecule has 28 heavy (non-hydrogen) atoms. The highest BCUT2D eigenvalue weighted by Crippen LogP contribution is 2.41. The van der Waals surface area contributed by atoms with Crippen LogP contribution in [0.4, 0.5) is 0 Å². The van der Waals surface area contributed by atoms with Gasteiger partial charge < -0.3 is 15.1 Å². The molecule has 1 aliphatic heterocycles. The summed E-state index contributed by atoms with van der Waals surface area (Å²) >= 11 is 0. The quantitative estimate of drug-likeness (QED) is 0.764. The molecular weight excluding hydrogens is 354 g/mol. The molecule has 0 spiro atoms. The molecular formula is C23H25NO4. The number of aliphatic hydroxyl groups excluding tert-OH is 1. The van der Waals surface area contributed by atoms with Gasteiger partial charge in [-0.3, -0.25) is 9.59 Å². The summed E-state index contributed by atoms with van der Waals surface area (Å²) in [6.45, 7) is 4.15. The zero-order chi connectivity index (χ0) is 20.3. The lowest BCUT2D eigenvalue weighted by Gasteiger charge is -2.27. The molecule has 5 nitrogen and oxygen atoms in total. The van der Waals surface area contributed by atoms with Crippen LogP contribution in [-0.4, -0.2) is 33.3 Å². The molecule has 3 rings (SSSR count). The highest BCUT2D eigenvalue weighted by Gasteiger charge is 2.43. The lowest BCUT2D eigenvalue weighted by molar-refractivity contribution is -0.129. The van der Waals surface area contributed by atoms with Crippen molar-refractivity contribution in [1.82, 2.24) is 4.90 Å². The molecule has 146 valence electrons. The second-order valence-corrected chi connectivity index (χ2v) is 7.48. The van der Waals surface area contributed by atoms with Gasteiger partial charge in [0.2, 0.25) is 0 Å². The molecule has 1 aliphatic rings. The van der Waals surface area contributed by atoms with Gasteiger partial charge in [-0.15, -0.1) is 0 Å². The zero-order valence-electron chi connectivity index (χ0n) is 16.1. The molecule has 5 heteroatoms. The highest BCUT2D eigenvalue weighted by molar-refractivity contribution is 6.09. The van der Waals surface area contributed by atoms with E-state index < -0.39 is 17.7 Å². The van der Waals surface area contributed by atoms with E-state index >= 15 is 0 Å². The first-order chi connectivity index (χ1) is 13.4. The average Bonchev–Trinajstić information content (AvgIpc) is 2.91.